The molecule has 0 heterocycles. The highest BCUT2D eigenvalue weighted by atomic mass is 79.9. The molecule has 0 bridgehead atoms. The number of halogens is 1. The predicted octanol–water partition coefficient (Wildman–Crippen LogP) is 4.25. The summed E-state index contributed by atoms with van der Waals surface area (Å²) in [7, 11) is 1.36. The van der Waals surface area contributed by atoms with Crippen molar-refractivity contribution < 1.29 is 14.3 Å². The van der Waals surface area contributed by atoms with Crippen molar-refractivity contribution in [3.8, 4) is 11.1 Å². The Morgan fingerprint density at radius 2 is 1.82 bits per heavy atom. The molecular weight excluding hydrogens is 346 g/mol. The first-order chi connectivity index (χ1) is 10.5. The van der Waals surface area contributed by atoms with Gasteiger partial charge in [-0.1, -0.05) is 35.0 Å². The smallest absolute Gasteiger partial charge is 0.337 e. The standard InChI is InChI=1S/C17H16BrNO3/c1-3-16(20)19-13-7-4-11(5-8-13)14-10-12(17(21)22-2)6-9-15(14)18/h4-10H,3H2,1-2H3,(H,19,20). The van der Waals surface area contributed by atoms with Gasteiger partial charge in [0.2, 0.25) is 5.91 Å². The third kappa shape index (κ3) is 3.74. The summed E-state index contributed by atoms with van der Waals surface area (Å²) >= 11 is 3.49. The molecule has 1 amide bonds. The first-order valence-electron chi connectivity index (χ1n) is 6.83. The van der Waals surface area contributed by atoms with E-state index in [0.29, 0.717) is 12.0 Å². The molecule has 1 N–H and O–H groups in total. The molecule has 2 aromatic rings. The molecule has 5 heteroatoms. The molecule has 0 unspecified atom stereocenters. The zero-order valence-electron chi connectivity index (χ0n) is 12.4. The van der Waals surface area contributed by atoms with Gasteiger partial charge in [-0.15, -0.1) is 0 Å². The lowest BCUT2D eigenvalue weighted by molar-refractivity contribution is -0.115. The van der Waals surface area contributed by atoms with Crippen molar-refractivity contribution in [2.45, 2.75) is 13.3 Å². The molecule has 0 spiro atoms. The van der Waals surface area contributed by atoms with Gasteiger partial charge in [0.05, 0.1) is 12.7 Å². The molecule has 0 saturated carbocycles. The summed E-state index contributed by atoms with van der Waals surface area (Å²) in [6, 6.07) is 12.7. The van der Waals surface area contributed by atoms with Crippen LogP contribution < -0.4 is 5.32 Å². The molecule has 0 aliphatic rings. The number of carbonyl (C=O) groups is 2. The molecule has 22 heavy (non-hydrogen) atoms. The number of rotatable bonds is 4. The Morgan fingerprint density at radius 3 is 2.41 bits per heavy atom. The number of hydrogen-bond donors (Lipinski definition) is 1. The summed E-state index contributed by atoms with van der Waals surface area (Å²) < 4.78 is 5.62. The highest BCUT2D eigenvalue weighted by molar-refractivity contribution is 9.10. The van der Waals surface area contributed by atoms with Gasteiger partial charge in [0.15, 0.2) is 0 Å². The first kappa shape index (κ1) is 16.2. The van der Waals surface area contributed by atoms with Crippen LogP contribution in [0.5, 0.6) is 0 Å². The van der Waals surface area contributed by atoms with Crippen LogP contribution in [0.15, 0.2) is 46.9 Å². The molecule has 0 saturated heterocycles. The summed E-state index contributed by atoms with van der Waals surface area (Å²) in [5, 5.41) is 2.80. The van der Waals surface area contributed by atoms with Crippen LogP contribution >= 0.6 is 15.9 Å². The van der Waals surface area contributed by atoms with Crippen LogP contribution in [-0.4, -0.2) is 19.0 Å². The van der Waals surface area contributed by atoms with E-state index < -0.39 is 0 Å². The number of methoxy groups -OCH3 is 1. The lowest BCUT2D eigenvalue weighted by Crippen LogP contribution is -2.09. The van der Waals surface area contributed by atoms with E-state index in [9.17, 15) is 9.59 Å². The third-order valence-electron chi connectivity index (χ3n) is 3.19. The van der Waals surface area contributed by atoms with Crippen LogP contribution in [0.25, 0.3) is 11.1 Å². The van der Waals surface area contributed by atoms with E-state index in [4.69, 9.17) is 4.74 Å². The molecular formula is C17H16BrNO3. The first-order valence-corrected chi connectivity index (χ1v) is 7.62. The normalized spacial score (nSPS) is 10.1. The van der Waals surface area contributed by atoms with Gasteiger partial charge >= 0.3 is 5.97 Å². The summed E-state index contributed by atoms with van der Waals surface area (Å²) in [6.45, 7) is 1.80. The minimum absolute atomic E-state index is 0.0263. The van der Waals surface area contributed by atoms with Crippen molar-refractivity contribution in [2.24, 2.45) is 0 Å². The number of benzene rings is 2. The number of anilines is 1. The quantitative estimate of drug-likeness (QED) is 0.828. The Morgan fingerprint density at radius 1 is 1.14 bits per heavy atom. The zero-order valence-corrected chi connectivity index (χ0v) is 13.9. The van der Waals surface area contributed by atoms with Gasteiger partial charge in [0.1, 0.15) is 0 Å². The van der Waals surface area contributed by atoms with Crippen molar-refractivity contribution in [1.29, 1.82) is 0 Å². The van der Waals surface area contributed by atoms with Gasteiger partial charge in [0.25, 0.3) is 0 Å². The molecule has 114 valence electrons. The summed E-state index contributed by atoms with van der Waals surface area (Å²) in [4.78, 5) is 23.0. The van der Waals surface area contributed by atoms with E-state index in [-0.39, 0.29) is 11.9 Å². The maximum atomic E-state index is 11.6. The average Bonchev–Trinajstić information content (AvgIpc) is 2.55. The molecule has 2 aromatic carbocycles. The zero-order chi connectivity index (χ0) is 16.1. The van der Waals surface area contributed by atoms with Crippen LogP contribution in [0.1, 0.15) is 23.7 Å². The highest BCUT2D eigenvalue weighted by Gasteiger charge is 2.10. The third-order valence-corrected chi connectivity index (χ3v) is 3.88. The van der Waals surface area contributed by atoms with Crippen molar-refractivity contribution >= 4 is 33.5 Å². The molecule has 2 rings (SSSR count). The molecule has 4 nitrogen and oxygen atoms in total. The summed E-state index contributed by atoms with van der Waals surface area (Å²) in [5.74, 6) is -0.401. The Balaban J connectivity index is 2.31. The van der Waals surface area contributed by atoms with Gasteiger partial charge in [-0.05, 0) is 41.5 Å². The molecule has 0 radical (unpaired) electrons. The van der Waals surface area contributed by atoms with E-state index in [0.717, 1.165) is 21.3 Å². The van der Waals surface area contributed by atoms with Gasteiger partial charge in [0, 0.05) is 16.6 Å². The van der Waals surface area contributed by atoms with E-state index in [1.807, 2.05) is 30.3 Å². The van der Waals surface area contributed by atoms with Crippen LogP contribution in [0, 0.1) is 0 Å². The number of hydrogen-bond acceptors (Lipinski definition) is 3. The van der Waals surface area contributed by atoms with Crippen molar-refractivity contribution in [1.82, 2.24) is 0 Å². The van der Waals surface area contributed by atoms with E-state index in [1.54, 1.807) is 19.1 Å². The molecule has 0 aromatic heterocycles. The molecule has 0 aliphatic carbocycles. The van der Waals surface area contributed by atoms with Gasteiger partial charge < -0.3 is 10.1 Å². The SMILES string of the molecule is CCC(=O)Nc1ccc(-c2cc(C(=O)OC)ccc2Br)cc1. The number of ether oxygens (including phenoxy) is 1. The second-order valence-electron chi connectivity index (χ2n) is 4.67. The second-order valence-corrected chi connectivity index (χ2v) is 5.52. The van der Waals surface area contributed by atoms with Gasteiger partial charge in [-0.2, -0.15) is 0 Å². The minimum Gasteiger partial charge on any atom is -0.465 e. The number of esters is 1. The fourth-order valence-corrected chi connectivity index (χ4v) is 2.45. The molecule has 0 atom stereocenters. The fourth-order valence-electron chi connectivity index (χ4n) is 1.97. The van der Waals surface area contributed by atoms with E-state index in [2.05, 4.69) is 21.2 Å². The maximum Gasteiger partial charge on any atom is 0.337 e. The number of carbonyl (C=O) groups excluding carboxylic acids is 2. The average molecular weight is 362 g/mol. The van der Waals surface area contributed by atoms with Gasteiger partial charge in [-0.3, -0.25) is 4.79 Å². The second kappa shape index (κ2) is 7.22. The topological polar surface area (TPSA) is 55.4 Å². The molecule has 0 fully saturated rings. The Labute approximate surface area is 137 Å². The fraction of sp³-hybridized carbons (Fsp3) is 0.176. The monoisotopic (exact) mass is 361 g/mol. The lowest BCUT2D eigenvalue weighted by Gasteiger charge is -2.09. The van der Waals surface area contributed by atoms with E-state index in [1.165, 1.54) is 7.11 Å². The van der Waals surface area contributed by atoms with Crippen LogP contribution in [0.4, 0.5) is 5.69 Å². The van der Waals surface area contributed by atoms with Crippen molar-refractivity contribution in [3.05, 3.63) is 52.5 Å². The Kier molecular flexibility index (Phi) is 5.33. The highest BCUT2D eigenvalue weighted by Crippen LogP contribution is 2.30. The van der Waals surface area contributed by atoms with Crippen LogP contribution in [0.3, 0.4) is 0 Å². The minimum atomic E-state index is -0.374. The van der Waals surface area contributed by atoms with E-state index >= 15 is 0 Å². The predicted molar refractivity (Wildman–Crippen MR) is 89.8 cm³/mol. The van der Waals surface area contributed by atoms with Crippen LogP contribution in [0.2, 0.25) is 0 Å². The molecule has 0 aliphatic heterocycles. The number of amides is 1. The summed E-state index contributed by atoms with van der Waals surface area (Å²) in [6.07, 6.45) is 0.439. The van der Waals surface area contributed by atoms with Crippen molar-refractivity contribution in [2.75, 3.05) is 12.4 Å². The number of nitrogens with one attached hydrogen (secondary N) is 1. The summed E-state index contributed by atoms with van der Waals surface area (Å²) in [5.41, 5.74) is 3.06. The largest absolute Gasteiger partial charge is 0.465 e. The Bertz CT molecular complexity index is 696. The van der Waals surface area contributed by atoms with Crippen molar-refractivity contribution in [3.63, 3.8) is 0 Å². The maximum absolute atomic E-state index is 11.6. The lowest BCUT2D eigenvalue weighted by atomic mass is 10.0. The van der Waals surface area contributed by atoms with Crippen LogP contribution in [-0.2, 0) is 9.53 Å². The Hall–Kier alpha value is -2.14. The van der Waals surface area contributed by atoms with Gasteiger partial charge in [-0.25, -0.2) is 4.79 Å².